The molecule has 2 nitrogen and oxygen atoms in total. The molecule has 104 valence electrons. The first-order valence-corrected chi connectivity index (χ1v) is 5.89. The fraction of sp³-hybridized carbons (Fsp3) is 0.462. The lowest BCUT2D eigenvalue weighted by molar-refractivity contribution is -0.253. The molecule has 6 heteroatoms. The summed E-state index contributed by atoms with van der Waals surface area (Å²) in [5.74, 6) is -0.442. The van der Waals surface area contributed by atoms with E-state index in [2.05, 4.69) is 4.74 Å². The third-order valence-electron chi connectivity index (χ3n) is 3.12. The third kappa shape index (κ3) is 3.05. The Bertz CT molecular complexity index is 452. The highest BCUT2D eigenvalue weighted by molar-refractivity contribution is 5.98. The zero-order valence-electron chi connectivity index (χ0n) is 9.91. The Morgan fingerprint density at radius 3 is 2.21 bits per heavy atom. The van der Waals surface area contributed by atoms with Crippen LogP contribution in [-0.4, -0.2) is 18.3 Å². The number of benzene rings is 1. The Kier molecular flexibility index (Phi) is 3.78. The molecule has 0 amide bonds. The molecule has 1 aromatic carbocycles. The summed E-state index contributed by atoms with van der Waals surface area (Å²) in [4.78, 5) is 11.8. The number of hydrogen-bond acceptors (Lipinski definition) is 2. The lowest BCUT2D eigenvalue weighted by Gasteiger charge is -2.23. The van der Waals surface area contributed by atoms with Gasteiger partial charge in [0, 0.05) is 11.5 Å². The average Bonchev–Trinajstić information content (AvgIpc) is 2.26. The molecule has 0 heterocycles. The van der Waals surface area contributed by atoms with Gasteiger partial charge in [0.25, 0.3) is 0 Å². The predicted molar refractivity (Wildman–Crippen MR) is 59.7 cm³/mol. The maximum Gasteiger partial charge on any atom is 0.461 e. The Morgan fingerprint density at radius 2 is 1.79 bits per heavy atom. The normalized spacial score (nSPS) is 16.3. The van der Waals surface area contributed by atoms with E-state index < -0.39 is 18.3 Å². The van der Waals surface area contributed by atoms with Gasteiger partial charge in [0.1, 0.15) is 5.75 Å². The highest BCUT2D eigenvalue weighted by Gasteiger charge is 2.43. The molecular formula is C13H12F4O2. The van der Waals surface area contributed by atoms with Crippen molar-refractivity contribution in [1.29, 1.82) is 0 Å². The van der Waals surface area contributed by atoms with Crippen LogP contribution in [0.15, 0.2) is 24.3 Å². The summed E-state index contributed by atoms with van der Waals surface area (Å²) in [5.41, 5.74) is 0.386. The smallest absolute Gasteiger partial charge is 0.428 e. The van der Waals surface area contributed by atoms with Crippen molar-refractivity contribution in [3.63, 3.8) is 0 Å². The van der Waals surface area contributed by atoms with Crippen LogP contribution in [0.4, 0.5) is 17.6 Å². The van der Waals surface area contributed by atoms with Crippen molar-refractivity contribution in [2.24, 2.45) is 5.92 Å². The fourth-order valence-corrected chi connectivity index (χ4v) is 1.80. The van der Waals surface area contributed by atoms with Gasteiger partial charge in [0.2, 0.25) is 0 Å². The van der Waals surface area contributed by atoms with Crippen LogP contribution < -0.4 is 4.74 Å². The highest BCUT2D eigenvalue weighted by atomic mass is 19.3. The summed E-state index contributed by atoms with van der Waals surface area (Å²) in [5, 5.41) is 0. The van der Waals surface area contributed by atoms with Crippen molar-refractivity contribution in [3.05, 3.63) is 29.8 Å². The lowest BCUT2D eigenvalue weighted by atomic mass is 9.80. The molecule has 1 saturated carbocycles. The molecular weight excluding hydrogens is 264 g/mol. The molecule has 1 aliphatic rings. The van der Waals surface area contributed by atoms with Crippen LogP contribution in [0.2, 0.25) is 0 Å². The first-order valence-electron chi connectivity index (χ1n) is 5.89. The number of halogens is 4. The number of carbonyl (C=O) groups excluding carboxylic acids is 1. The molecule has 0 radical (unpaired) electrons. The number of ether oxygens (including phenoxy) is 1. The van der Waals surface area contributed by atoms with Gasteiger partial charge in [-0.3, -0.25) is 4.79 Å². The topological polar surface area (TPSA) is 26.3 Å². The van der Waals surface area contributed by atoms with Crippen molar-refractivity contribution in [1.82, 2.24) is 0 Å². The van der Waals surface area contributed by atoms with Gasteiger partial charge < -0.3 is 4.74 Å². The number of carbonyl (C=O) groups is 1. The second-order valence-corrected chi connectivity index (χ2v) is 4.48. The predicted octanol–water partition coefficient (Wildman–Crippen LogP) is 3.91. The molecule has 1 aliphatic carbocycles. The van der Waals surface area contributed by atoms with Gasteiger partial charge in [-0.1, -0.05) is 6.42 Å². The molecule has 0 spiro atoms. The van der Waals surface area contributed by atoms with Crippen LogP contribution in [0, 0.1) is 5.92 Å². The van der Waals surface area contributed by atoms with Gasteiger partial charge in [-0.2, -0.15) is 17.6 Å². The van der Waals surface area contributed by atoms with Gasteiger partial charge in [-0.15, -0.1) is 0 Å². The van der Waals surface area contributed by atoms with Crippen molar-refractivity contribution in [2.45, 2.75) is 31.8 Å². The molecule has 1 fully saturated rings. The van der Waals surface area contributed by atoms with E-state index in [9.17, 15) is 22.4 Å². The van der Waals surface area contributed by atoms with E-state index in [-0.39, 0.29) is 11.7 Å². The molecule has 0 bridgehead atoms. The van der Waals surface area contributed by atoms with E-state index in [1.165, 1.54) is 12.1 Å². The quantitative estimate of drug-likeness (QED) is 0.602. The number of Topliss-reactive ketones (excluding diaryl/α,β-unsaturated/α-hetero) is 1. The minimum absolute atomic E-state index is 0.00530. The number of ketones is 1. The van der Waals surface area contributed by atoms with E-state index >= 15 is 0 Å². The van der Waals surface area contributed by atoms with Crippen LogP contribution in [0.5, 0.6) is 5.75 Å². The summed E-state index contributed by atoms with van der Waals surface area (Å²) in [6.45, 7) is 0. The van der Waals surface area contributed by atoms with E-state index in [0.29, 0.717) is 5.56 Å². The van der Waals surface area contributed by atoms with E-state index in [1.54, 1.807) is 0 Å². The minimum Gasteiger partial charge on any atom is -0.428 e. The maximum absolute atomic E-state index is 12.6. The van der Waals surface area contributed by atoms with Crippen LogP contribution in [-0.2, 0) is 0 Å². The summed E-state index contributed by atoms with van der Waals surface area (Å²) >= 11 is 0. The monoisotopic (exact) mass is 276 g/mol. The molecule has 0 N–H and O–H groups in total. The largest absolute Gasteiger partial charge is 0.461 e. The van der Waals surface area contributed by atoms with E-state index in [4.69, 9.17) is 0 Å². The first kappa shape index (κ1) is 13.8. The Hall–Kier alpha value is -1.59. The standard InChI is InChI=1S/C13H12F4O2/c14-12(15)13(16,17)19-10-6-4-9(5-7-10)11(18)8-2-1-3-8/h4-8,12H,1-3H2. The molecule has 19 heavy (non-hydrogen) atoms. The van der Waals surface area contributed by atoms with Gasteiger partial charge in [0.05, 0.1) is 0 Å². The molecule has 0 aromatic heterocycles. The van der Waals surface area contributed by atoms with E-state index in [0.717, 1.165) is 31.4 Å². The number of hydrogen-bond donors (Lipinski definition) is 0. The van der Waals surface area contributed by atoms with Gasteiger partial charge in [0.15, 0.2) is 5.78 Å². The van der Waals surface area contributed by atoms with Crippen LogP contribution in [0.1, 0.15) is 29.6 Å². The molecule has 0 saturated heterocycles. The first-order chi connectivity index (χ1) is 8.90. The number of alkyl halides is 4. The average molecular weight is 276 g/mol. The van der Waals surface area contributed by atoms with E-state index in [1.807, 2.05) is 0 Å². The zero-order chi connectivity index (χ0) is 14.0. The van der Waals surface area contributed by atoms with Gasteiger partial charge in [-0.05, 0) is 37.1 Å². The molecule has 2 rings (SSSR count). The van der Waals surface area contributed by atoms with Gasteiger partial charge in [-0.25, -0.2) is 0 Å². The second-order valence-electron chi connectivity index (χ2n) is 4.48. The van der Waals surface area contributed by atoms with Crippen molar-refractivity contribution >= 4 is 5.78 Å². The molecule has 1 aromatic rings. The lowest BCUT2D eigenvalue weighted by Crippen LogP contribution is -2.33. The van der Waals surface area contributed by atoms with Crippen LogP contribution in [0.25, 0.3) is 0 Å². The summed E-state index contributed by atoms with van der Waals surface area (Å²) in [6.07, 6.45) is -5.75. The maximum atomic E-state index is 12.6. The summed E-state index contributed by atoms with van der Waals surface area (Å²) in [7, 11) is 0. The Morgan fingerprint density at radius 1 is 1.21 bits per heavy atom. The minimum atomic E-state index is -4.53. The molecule has 0 aliphatic heterocycles. The molecule has 0 atom stereocenters. The summed E-state index contributed by atoms with van der Waals surface area (Å²) in [6, 6.07) is 4.83. The molecule has 0 unspecified atom stereocenters. The van der Waals surface area contributed by atoms with Crippen molar-refractivity contribution in [3.8, 4) is 5.75 Å². The SMILES string of the molecule is O=C(c1ccc(OC(F)(F)C(F)F)cc1)C1CCC1. The van der Waals surface area contributed by atoms with Gasteiger partial charge >= 0.3 is 12.5 Å². The highest BCUT2D eigenvalue weighted by Crippen LogP contribution is 2.31. The van der Waals surface area contributed by atoms with Crippen molar-refractivity contribution in [2.75, 3.05) is 0 Å². The van der Waals surface area contributed by atoms with Crippen LogP contribution in [0.3, 0.4) is 0 Å². The third-order valence-corrected chi connectivity index (χ3v) is 3.12. The Balaban J connectivity index is 2.04. The summed E-state index contributed by atoms with van der Waals surface area (Å²) < 4.78 is 53.1. The fourth-order valence-electron chi connectivity index (χ4n) is 1.80. The number of rotatable bonds is 5. The Labute approximate surface area is 107 Å². The second kappa shape index (κ2) is 5.19. The zero-order valence-corrected chi connectivity index (χ0v) is 9.91. The van der Waals surface area contributed by atoms with Crippen LogP contribution >= 0.6 is 0 Å². The van der Waals surface area contributed by atoms with Crippen molar-refractivity contribution < 1.29 is 27.1 Å².